The number of sulfonamides is 1. The van der Waals surface area contributed by atoms with Gasteiger partial charge in [0.1, 0.15) is 5.82 Å². The SMILES string of the molecule is Cc1ncc(S(=O)(=O)Nc2ccc(C(C)(C)CN)cc2)[nH]1. The molecular formula is C14H20N4O2S. The van der Waals surface area contributed by atoms with Crippen LogP contribution in [0.4, 0.5) is 5.69 Å². The quantitative estimate of drug-likeness (QED) is 0.783. The van der Waals surface area contributed by atoms with Gasteiger partial charge >= 0.3 is 0 Å². The molecule has 0 aliphatic rings. The van der Waals surface area contributed by atoms with Gasteiger partial charge in [-0.3, -0.25) is 4.72 Å². The van der Waals surface area contributed by atoms with Gasteiger partial charge in [-0.05, 0) is 24.6 Å². The topological polar surface area (TPSA) is 101 Å². The number of benzene rings is 1. The van der Waals surface area contributed by atoms with E-state index in [9.17, 15) is 8.42 Å². The first-order valence-electron chi connectivity index (χ1n) is 6.60. The third kappa shape index (κ3) is 3.43. The van der Waals surface area contributed by atoms with E-state index in [0.717, 1.165) is 5.56 Å². The van der Waals surface area contributed by atoms with E-state index in [1.165, 1.54) is 6.20 Å². The van der Waals surface area contributed by atoms with Crippen LogP contribution < -0.4 is 10.5 Å². The predicted octanol–water partition coefficient (Wildman–Crippen LogP) is 1.76. The Hall–Kier alpha value is -1.86. The van der Waals surface area contributed by atoms with Crippen LogP contribution in [-0.2, 0) is 15.4 Å². The highest BCUT2D eigenvalue weighted by Crippen LogP contribution is 2.24. The Morgan fingerprint density at radius 2 is 1.90 bits per heavy atom. The van der Waals surface area contributed by atoms with E-state index in [-0.39, 0.29) is 10.4 Å². The number of H-pyrrole nitrogens is 1. The van der Waals surface area contributed by atoms with Gasteiger partial charge in [0.15, 0.2) is 5.03 Å². The normalized spacial score (nSPS) is 12.4. The second-order valence-corrected chi connectivity index (χ2v) is 7.25. The molecule has 0 amide bonds. The summed E-state index contributed by atoms with van der Waals surface area (Å²) in [6.07, 6.45) is 1.30. The van der Waals surface area contributed by atoms with E-state index in [4.69, 9.17) is 5.73 Å². The van der Waals surface area contributed by atoms with Crippen molar-refractivity contribution in [3.8, 4) is 0 Å². The van der Waals surface area contributed by atoms with Crippen LogP contribution in [0.2, 0.25) is 0 Å². The van der Waals surface area contributed by atoms with Gasteiger partial charge in [-0.15, -0.1) is 0 Å². The summed E-state index contributed by atoms with van der Waals surface area (Å²) in [5, 5.41) is 0.0476. The first-order valence-corrected chi connectivity index (χ1v) is 8.08. The number of aromatic amines is 1. The molecule has 0 bridgehead atoms. The fourth-order valence-electron chi connectivity index (χ4n) is 1.85. The number of imidazole rings is 1. The zero-order valence-electron chi connectivity index (χ0n) is 12.3. The van der Waals surface area contributed by atoms with Crippen LogP contribution in [0.1, 0.15) is 25.2 Å². The standard InChI is InChI=1S/C14H20N4O2S/c1-10-16-8-13(17-10)21(19,20)18-12-6-4-11(5-7-12)14(2,3)9-15/h4-8,18H,9,15H2,1-3H3,(H,16,17). The van der Waals surface area contributed by atoms with Crippen molar-refractivity contribution in [2.45, 2.75) is 31.2 Å². The molecule has 2 aromatic rings. The third-order valence-electron chi connectivity index (χ3n) is 3.40. The van der Waals surface area contributed by atoms with Crippen molar-refractivity contribution in [1.29, 1.82) is 0 Å². The van der Waals surface area contributed by atoms with Crippen LogP contribution >= 0.6 is 0 Å². The molecule has 0 unspecified atom stereocenters. The molecule has 0 fully saturated rings. The summed E-state index contributed by atoms with van der Waals surface area (Å²) < 4.78 is 26.8. The van der Waals surface area contributed by atoms with Crippen LogP contribution in [0.3, 0.4) is 0 Å². The van der Waals surface area contributed by atoms with E-state index < -0.39 is 10.0 Å². The molecule has 0 spiro atoms. The number of nitrogens with zero attached hydrogens (tertiary/aromatic N) is 1. The fraction of sp³-hybridized carbons (Fsp3) is 0.357. The molecule has 7 heteroatoms. The summed E-state index contributed by atoms with van der Waals surface area (Å²) in [6, 6.07) is 7.22. The van der Waals surface area contributed by atoms with E-state index in [1.54, 1.807) is 19.1 Å². The average Bonchev–Trinajstić information content (AvgIpc) is 2.86. The first-order chi connectivity index (χ1) is 9.74. The molecule has 0 atom stereocenters. The minimum absolute atomic E-state index is 0.0476. The molecule has 1 aromatic heterocycles. The highest BCUT2D eigenvalue weighted by Gasteiger charge is 2.19. The number of nitrogens with one attached hydrogen (secondary N) is 2. The largest absolute Gasteiger partial charge is 0.332 e. The minimum atomic E-state index is -3.64. The number of aromatic nitrogens is 2. The lowest BCUT2D eigenvalue weighted by Crippen LogP contribution is -2.28. The highest BCUT2D eigenvalue weighted by atomic mass is 32.2. The van der Waals surface area contributed by atoms with Gasteiger partial charge in [0.2, 0.25) is 0 Å². The second-order valence-electron chi connectivity index (χ2n) is 5.60. The van der Waals surface area contributed by atoms with Gasteiger partial charge in [0, 0.05) is 17.6 Å². The molecule has 0 aliphatic carbocycles. The van der Waals surface area contributed by atoms with Gasteiger partial charge in [-0.2, -0.15) is 8.42 Å². The smallest absolute Gasteiger partial charge is 0.278 e. The van der Waals surface area contributed by atoms with Crippen molar-refractivity contribution in [3.63, 3.8) is 0 Å². The zero-order chi connectivity index (χ0) is 15.7. The second kappa shape index (κ2) is 5.50. The maximum absolute atomic E-state index is 12.2. The molecule has 21 heavy (non-hydrogen) atoms. The Kier molecular flexibility index (Phi) is 4.06. The summed E-state index contributed by atoms with van der Waals surface area (Å²) in [4.78, 5) is 6.60. The Bertz CT molecular complexity index is 718. The maximum atomic E-state index is 12.2. The Morgan fingerprint density at radius 3 is 2.38 bits per heavy atom. The molecule has 2 rings (SSSR count). The summed E-state index contributed by atoms with van der Waals surface area (Å²) in [5.41, 5.74) is 7.15. The van der Waals surface area contributed by atoms with Crippen molar-refractivity contribution >= 4 is 15.7 Å². The number of aryl methyl sites for hydroxylation is 1. The number of rotatable bonds is 5. The van der Waals surface area contributed by atoms with E-state index >= 15 is 0 Å². The van der Waals surface area contributed by atoms with Crippen LogP contribution in [0.15, 0.2) is 35.5 Å². The number of nitrogens with two attached hydrogens (primary N) is 1. The third-order valence-corrected chi connectivity index (χ3v) is 4.69. The van der Waals surface area contributed by atoms with Crippen LogP contribution in [0, 0.1) is 6.92 Å². The monoisotopic (exact) mass is 308 g/mol. The lowest BCUT2D eigenvalue weighted by atomic mass is 9.85. The van der Waals surface area contributed by atoms with Gasteiger partial charge in [0.05, 0.1) is 6.20 Å². The summed E-state index contributed by atoms with van der Waals surface area (Å²) in [5.74, 6) is 0.551. The van der Waals surface area contributed by atoms with Gasteiger partial charge < -0.3 is 10.7 Å². The average molecular weight is 308 g/mol. The molecule has 0 radical (unpaired) electrons. The molecule has 114 valence electrons. The molecule has 1 heterocycles. The van der Waals surface area contributed by atoms with E-state index in [0.29, 0.717) is 18.1 Å². The van der Waals surface area contributed by atoms with Gasteiger partial charge in [-0.1, -0.05) is 26.0 Å². The Balaban J connectivity index is 2.21. The molecule has 6 nitrogen and oxygen atoms in total. The minimum Gasteiger partial charge on any atom is -0.332 e. The highest BCUT2D eigenvalue weighted by molar-refractivity contribution is 7.92. The van der Waals surface area contributed by atoms with Gasteiger partial charge in [0.25, 0.3) is 10.0 Å². The fourth-order valence-corrected chi connectivity index (χ4v) is 2.88. The van der Waals surface area contributed by atoms with Crippen molar-refractivity contribution < 1.29 is 8.42 Å². The van der Waals surface area contributed by atoms with Crippen molar-refractivity contribution in [1.82, 2.24) is 9.97 Å². The molecule has 1 aromatic carbocycles. The molecule has 4 N–H and O–H groups in total. The molecule has 0 aliphatic heterocycles. The lowest BCUT2D eigenvalue weighted by Gasteiger charge is -2.23. The summed E-state index contributed by atoms with van der Waals surface area (Å²) in [6.45, 7) is 6.30. The van der Waals surface area contributed by atoms with E-state index in [2.05, 4.69) is 14.7 Å². The number of anilines is 1. The number of hydrogen-bond acceptors (Lipinski definition) is 4. The maximum Gasteiger partial charge on any atom is 0.278 e. The Labute approximate surface area is 124 Å². The predicted molar refractivity (Wildman–Crippen MR) is 82.7 cm³/mol. The van der Waals surface area contributed by atoms with Crippen LogP contribution in [0.5, 0.6) is 0 Å². The summed E-state index contributed by atoms with van der Waals surface area (Å²) >= 11 is 0. The van der Waals surface area contributed by atoms with E-state index in [1.807, 2.05) is 26.0 Å². The van der Waals surface area contributed by atoms with Crippen molar-refractivity contribution in [2.75, 3.05) is 11.3 Å². The lowest BCUT2D eigenvalue weighted by molar-refractivity contribution is 0.539. The number of hydrogen-bond donors (Lipinski definition) is 3. The Morgan fingerprint density at radius 1 is 1.29 bits per heavy atom. The molecule has 0 saturated heterocycles. The van der Waals surface area contributed by atoms with Crippen molar-refractivity contribution in [2.24, 2.45) is 5.73 Å². The van der Waals surface area contributed by atoms with Crippen LogP contribution in [0.25, 0.3) is 0 Å². The van der Waals surface area contributed by atoms with Crippen molar-refractivity contribution in [3.05, 3.63) is 41.9 Å². The van der Waals surface area contributed by atoms with Gasteiger partial charge in [-0.25, -0.2) is 4.98 Å². The summed E-state index contributed by atoms with van der Waals surface area (Å²) in [7, 11) is -3.64. The molecule has 0 saturated carbocycles. The van der Waals surface area contributed by atoms with Crippen LogP contribution in [-0.4, -0.2) is 24.9 Å². The zero-order valence-corrected chi connectivity index (χ0v) is 13.2. The first kappa shape index (κ1) is 15.5. The molecular weight excluding hydrogens is 288 g/mol.